The molecule has 112 valence electrons. The highest BCUT2D eigenvalue weighted by Gasteiger charge is 2.36. The molecule has 19 heavy (non-hydrogen) atoms. The van der Waals surface area contributed by atoms with Crippen molar-refractivity contribution in [2.75, 3.05) is 6.54 Å². The van der Waals surface area contributed by atoms with Crippen LogP contribution in [-0.4, -0.2) is 23.0 Å². The van der Waals surface area contributed by atoms with Crippen molar-refractivity contribution >= 4 is 0 Å². The molecule has 0 aromatic rings. The maximum absolute atomic E-state index is 2.92. The second-order valence-corrected chi connectivity index (χ2v) is 7.60. The molecule has 1 nitrogen and oxygen atoms in total. The average Bonchev–Trinajstić information content (AvgIpc) is 2.33. The first kappa shape index (κ1) is 15.4. The minimum absolute atomic E-state index is 0.407. The van der Waals surface area contributed by atoms with E-state index in [1.165, 1.54) is 77.2 Å². The lowest BCUT2D eigenvalue weighted by atomic mass is 9.79. The van der Waals surface area contributed by atoms with Crippen LogP contribution in [0.1, 0.15) is 91.4 Å². The van der Waals surface area contributed by atoms with E-state index in [-0.39, 0.29) is 0 Å². The molecule has 2 aliphatic rings. The molecular weight excluding hydrogens is 230 g/mol. The van der Waals surface area contributed by atoms with Gasteiger partial charge in [0.2, 0.25) is 0 Å². The van der Waals surface area contributed by atoms with Gasteiger partial charge in [-0.2, -0.15) is 0 Å². The predicted molar refractivity (Wildman–Crippen MR) is 84.5 cm³/mol. The topological polar surface area (TPSA) is 3.24 Å². The summed E-state index contributed by atoms with van der Waals surface area (Å²) in [4.78, 5) is 2.92. The Morgan fingerprint density at radius 1 is 0.737 bits per heavy atom. The van der Waals surface area contributed by atoms with Gasteiger partial charge in [0, 0.05) is 11.6 Å². The zero-order chi connectivity index (χ0) is 13.7. The van der Waals surface area contributed by atoms with Crippen LogP contribution in [0.25, 0.3) is 0 Å². The van der Waals surface area contributed by atoms with Crippen LogP contribution in [0.5, 0.6) is 0 Å². The van der Waals surface area contributed by atoms with E-state index in [1.54, 1.807) is 0 Å². The fourth-order valence-corrected chi connectivity index (χ4v) is 4.23. The number of hydrogen-bond donors (Lipinski definition) is 0. The van der Waals surface area contributed by atoms with Gasteiger partial charge in [-0.25, -0.2) is 0 Å². The van der Waals surface area contributed by atoms with Crippen molar-refractivity contribution in [3.8, 4) is 0 Å². The standard InChI is InChI=1S/C18H35N/c1-16-12-8-7-11-15-19(18(16,2)3)17-13-9-5-4-6-10-14-17/h16-17H,4-15H2,1-3H3. The maximum atomic E-state index is 2.92. The van der Waals surface area contributed by atoms with E-state index in [0.717, 1.165) is 12.0 Å². The van der Waals surface area contributed by atoms with Crippen molar-refractivity contribution in [2.45, 2.75) is 103 Å². The first-order valence-corrected chi connectivity index (χ1v) is 8.89. The van der Waals surface area contributed by atoms with E-state index in [1.807, 2.05) is 0 Å². The molecule has 0 spiro atoms. The van der Waals surface area contributed by atoms with Crippen molar-refractivity contribution in [1.82, 2.24) is 4.90 Å². The molecule has 1 saturated carbocycles. The van der Waals surface area contributed by atoms with E-state index in [9.17, 15) is 0 Å². The van der Waals surface area contributed by atoms with Crippen LogP contribution in [0.2, 0.25) is 0 Å². The van der Waals surface area contributed by atoms with Gasteiger partial charge < -0.3 is 0 Å². The summed E-state index contributed by atoms with van der Waals surface area (Å²) in [5.74, 6) is 0.846. The molecule has 1 heterocycles. The van der Waals surface area contributed by atoms with Gasteiger partial charge in [0.25, 0.3) is 0 Å². The molecule has 1 unspecified atom stereocenters. The summed E-state index contributed by atoms with van der Waals surface area (Å²) in [7, 11) is 0. The average molecular weight is 265 g/mol. The van der Waals surface area contributed by atoms with Crippen LogP contribution in [0.15, 0.2) is 0 Å². The quantitative estimate of drug-likeness (QED) is 0.614. The molecule has 1 aliphatic carbocycles. The van der Waals surface area contributed by atoms with Crippen molar-refractivity contribution < 1.29 is 0 Å². The van der Waals surface area contributed by atoms with Gasteiger partial charge in [-0.1, -0.05) is 51.9 Å². The molecule has 0 bridgehead atoms. The minimum Gasteiger partial charge on any atom is -0.295 e. The summed E-state index contributed by atoms with van der Waals surface area (Å²) in [5.41, 5.74) is 0.407. The lowest BCUT2D eigenvalue weighted by molar-refractivity contribution is 0.00535. The molecule has 1 aliphatic heterocycles. The smallest absolute Gasteiger partial charge is 0.0181 e. The summed E-state index contributed by atoms with van der Waals surface area (Å²) in [5, 5.41) is 0. The molecule has 2 rings (SSSR count). The molecular formula is C18H35N. The van der Waals surface area contributed by atoms with Crippen LogP contribution >= 0.6 is 0 Å². The van der Waals surface area contributed by atoms with Crippen LogP contribution in [0.4, 0.5) is 0 Å². The maximum Gasteiger partial charge on any atom is 0.0181 e. The van der Waals surface area contributed by atoms with Gasteiger partial charge in [-0.05, 0) is 52.0 Å². The Hall–Kier alpha value is -0.0400. The SMILES string of the molecule is CC1CCCCCN(C2CCCCCCC2)C1(C)C. The third kappa shape index (κ3) is 3.97. The number of nitrogens with zero attached hydrogens (tertiary/aromatic N) is 1. The van der Waals surface area contributed by atoms with Crippen LogP contribution in [0.3, 0.4) is 0 Å². The van der Waals surface area contributed by atoms with Gasteiger partial charge >= 0.3 is 0 Å². The Morgan fingerprint density at radius 2 is 1.26 bits per heavy atom. The Morgan fingerprint density at radius 3 is 1.95 bits per heavy atom. The van der Waals surface area contributed by atoms with Gasteiger partial charge in [0.1, 0.15) is 0 Å². The molecule has 0 amide bonds. The Bertz CT molecular complexity index is 250. The van der Waals surface area contributed by atoms with Gasteiger partial charge in [0.15, 0.2) is 0 Å². The van der Waals surface area contributed by atoms with E-state index in [4.69, 9.17) is 0 Å². The summed E-state index contributed by atoms with van der Waals surface area (Å²) < 4.78 is 0. The Balaban J connectivity index is 2.07. The van der Waals surface area contributed by atoms with E-state index < -0.39 is 0 Å². The lowest BCUT2D eigenvalue weighted by Crippen LogP contribution is -2.54. The lowest BCUT2D eigenvalue weighted by Gasteiger charge is -2.49. The first-order chi connectivity index (χ1) is 9.12. The fraction of sp³-hybridized carbons (Fsp3) is 1.00. The highest BCUT2D eigenvalue weighted by Crippen LogP contribution is 2.35. The van der Waals surface area contributed by atoms with E-state index in [0.29, 0.717) is 5.54 Å². The fourth-order valence-electron chi connectivity index (χ4n) is 4.23. The van der Waals surface area contributed by atoms with E-state index >= 15 is 0 Å². The van der Waals surface area contributed by atoms with Gasteiger partial charge in [0.05, 0.1) is 0 Å². The largest absolute Gasteiger partial charge is 0.295 e. The van der Waals surface area contributed by atoms with Crippen molar-refractivity contribution in [3.63, 3.8) is 0 Å². The third-order valence-corrected chi connectivity index (χ3v) is 6.00. The Labute approximate surface area is 121 Å². The second kappa shape index (κ2) is 7.11. The summed E-state index contributed by atoms with van der Waals surface area (Å²) >= 11 is 0. The van der Waals surface area contributed by atoms with Crippen molar-refractivity contribution in [3.05, 3.63) is 0 Å². The molecule has 1 heteroatoms. The van der Waals surface area contributed by atoms with Gasteiger partial charge in [-0.3, -0.25) is 4.90 Å². The minimum atomic E-state index is 0.407. The number of rotatable bonds is 1. The highest BCUT2D eigenvalue weighted by molar-refractivity contribution is 4.92. The third-order valence-electron chi connectivity index (χ3n) is 6.00. The Kier molecular flexibility index (Phi) is 5.74. The van der Waals surface area contributed by atoms with Crippen molar-refractivity contribution in [2.24, 2.45) is 5.92 Å². The molecule has 0 N–H and O–H groups in total. The zero-order valence-corrected chi connectivity index (χ0v) is 13.6. The normalized spacial score (nSPS) is 32.1. The van der Waals surface area contributed by atoms with E-state index in [2.05, 4.69) is 25.7 Å². The molecule has 2 fully saturated rings. The summed E-state index contributed by atoms with van der Waals surface area (Å²) in [6, 6.07) is 0.871. The van der Waals surface area contributed by atoms with Crippen LogP contribution < -0.4 is 0 Å². The molecule has 1 atom stereocenters. The molecule has 0 radical (unpaired) electrons. The van der Waals surface area contributed by atoms with Gasteiger partial charge in [-0.15, -0.1) is 0 Å². The highest BCUT2D eigenvalue weighted by atomic mass is 15.2. The number of hydrogen-bond acceptors (Lipinski definition) is 1. The first-order valence-electron chi connectivity index (χ1n) is 8.89. The summed E-state index contributed by atoms with van der Waals surface area (Å²) in [6.45, 7) is 8.87. The molecule has 0 aromatic heterocycles. The van der Waals surface area contributed by atoms with Crippen LogP contribution in [0, 0.1) is 5.92 Å². The molecule has 1 saturated heterocycles. The van der Waals surface area contributed by atoms with Crippen LogP contribution in [-0.2, 0) is 0 Å². The predicted octanol–water partition coefficient (Wildman–Crippen LogP) is 5.39. The van der Waals surface area contributed by atoms with Crippen molar-refractivity contribution in [1.29, 1.82) is 0 Å². The zero-order valence-electron chi connectivity index (χ0n) is 13.6. The molecule has 0 aromatic carbocycles. The monoisotopic (exact) mass is 265 g/mol. The number of likely N-dealkylation sites (tertiary alicyclic amines) is 1. The second-order valence-electron chi connectivity index (χ2n) is 7.60. The summed E-state index contributed by atoms with van der Waals surface area (Å²) in [6.07, 6.45) is 16.0.